The van der Waals surface area contributed by atoms with E-state index in [4.69, 9.17) is 4.74 Å². The van der Waals surface area contributed by atoms with Crippen LogP contribution in [0.25, 0.3) is 5.57 Å². The van der Waals surface area contributed by atoms with E-state index >= 15 is 0 Å². The monoisotopic (exact) mass is 327 g/mol. The third-order valence-corrected chi connectivity index (χ3v) is 4.09. The molecule has 0 saturated heterocycles. The second-order valence-corrected chi connectivity index (χ2v) is 5.70. The number of benzene rings is 1. The SMILES string of the molecule is C=C/C1=C(\C=C/C)C2=C(/C(=C)/C=C\C=C/N\2)C(=C)c2ccccc2O1. The molecular formula is C23H21NO. The van der Waals surface area contributed by atoms with E-state index < -0.39 is 0 Å². The van der Waals surface area contributed by atoms with Crippen LogP contribution in [0.3, 0.4) is 0 Å². The van der Waals surface area contributed by atoms with Crippen molar-refractivity contribution in [3.05, 3.63) is 120 Å². The number of hydrogen-bond acceptors (Lipinski definition) is 2. The molecule has 2 aliphatic heterocycles. The molecule has 0 spiro atoms. The van der Waals surface area contributed by atoms with E-state index in [1.165, 1.54) is 0 Å². The molecule has 1 aromatic rings. The summed E-state index contributed by atoms with van der Waals surface area (Å²) < 4.78 is 6.18. The summed E-state index contributed by atoms with van der Waals surface area (Å²) in [5.41, 5.74) is 5.47. The van der Waals surface area contributed by atoms with Gasteiger partial charge in [0.1, 0.15) is 11.5 Å². The summed E-state index contributed by atoms with van der Waals surface area (Å²) in [7, 11) is 0. The number of para-hydroxylation sites is 1. The van der Waals surface area contributed by atoms with Gasteiger partial charge in [-0.2, -0.15) is 0 Å². The fourth-order valence-electron chi connectivity index (χ4n) is 2.95. The summed E-state index contributed by atoms with van der Waals surface area (Å²) in [5.74, 6) is 1.44. The first-order valence-corrected chi connectivity index (χ1v) is 8.17. The highest BCUT2D eigenvalue weighted by Crippen LogP contribution is 2.40. The van der Waals surface area contributed by atoms with Crippen LogP contribution in [0.2, 0.25) is 0 Å². The van der Waals surface area contributed by atoms with E-state index in [1.807, 2.05) is 67.8 Å². The molecule has 0 aromatic heterocycles. The molecule has 1 aromatic carbocycles. The molecule has 25 heavy (non-hydrogen) atoms. The van der Waals surface area contributed by atoms with Crippen molar-refractivity contribution in [2.24, 2.45) is 0 Å². The van der Waals surface area contributed by atoms with Gasteiger partial charge in [0.25, 0.3) is 0 Å². The number of ether oxygens (including phenoxy) is 1. The molecule has 2 heteroatoms. The lowest BCUT2D eigenvalue weighted by Crippen LogP contribution is -2.17. The van der Waals surface area contributed by atoms with Crippen molar-refractivity contribution in [1.29, 1.82) is 0 Å². The third kappa shape index (κ3) is 3.07. The van der Waals surface area contributed by atoms with Gasteiger partial charge in [-0.3, -0.25) is 0 Å². The molecule has 0 unspecified atom stereocenters. The molecule has 2 aliphatic rings. The summed E-state index contributed by atoms with van der Waals surface area (Å²) >= 11 is 0. The highest BCUT2D eigenvalue weighted by Gasteiger charge is 2.24. The zero-order chi connectivity index (χ0) is 17.8. The van der Waals surface area contributed by atoms with Gasteiger partial charge in [0.15, 0.2) is 0 Å². The second kappa shape index (κ2) is 7.10. The number of allylic oxidation sites excluding steroid dienone is 9. The first kappa shape index (κ1) is 16.6. The maximum atomic E-state index is 6.18. The maximum Gasteiger partial charge on any atom is 0.136 e. The molecule has 2 heterocycles. The number of hydrogen-bond donors (Lipinski definition) is 1. The van der Waals surface area contributed by atoms with Crippen LogP contribution >= 0.6 is 0 Å². The molecule has 0 amide bonds. The van der Waals surface area contributed by atoms with Crippen molar-refractivity contribution < 1.29 is 4.74 Å². The van der Waals surface area contributed by atoms with Crippen molar-refractivity contribution >= 4 is 5.57 Å². The molecule has 0 aliphatic carbocycles. The normalized spacial score (nSPS) is 25.5. The summed E-state index contributed by atoms with van der Waals surface area (Å²) in [6.07, 6.45) is 13.5. The van der Waals surface area contributed by atoms with Crippen molar-refractivity contribution in [3.8, 4) is 5.75 Å². The first-order chi connectivity index (χ1) is 12.2. The van der Waals surface area contributed by atoms with Gasteiger partial charge in [-0.25, -0.2) is 0 Å². The van der Waals surface area contributed by atoms with E-state index in [2.05, 4.69) is 25.1 Å². The Kier molecular flexibility index (Phi) is 4.71. The average Bonchev–Trinajstić information content (AvgIpc) is 2.60. The predicted octanol–water partition coefficient (Wildman–Crippen LogP) is 5.59. The lowest BCUT2D eigenvalue weighted by atomic mass is 9.88. The minimum atomic E-state index is 0.684. The Balaban J connectivity index is 2.40. The van der Waals surface area contributed by atoms with Gasteiger partial charge >= 0.3 is 0 Å². The van der Waals surface area contributed by atoms with Crippen LogP contribution in [0.5, 0.6) is 5.75 Å². The van der Waals surface area contributed by atoms with E-state index in [0.717, 1.165) is 39.3 Å². The van der Waals surface area contributed by atoms with Crippen LogP contribution in [0, 0.1) is 0 Å². The van der Waals surface area contributed by atoms with E-state index in [-0.39, 0.29) is 0 Å². The standard InChI is InChI=1S/C23H21NO/c1-5-11-19-20(6-2)25-21-14-8-7-13-18(21)17(4)22-16(3)12-9-10-15-24-23(19)22/h5-15,24H,2-4H2,1H3/b11-5-,12-9-,15-10-,20-19-,23-22+. The molecule has 0 bridgehead atoms. The quantitative estimate of drug-likeness (QED) is 0.764. The van der Waals surface area contributed by atoms with Crippen molar-refractivity contribution in [3.63, 3.8) is 0 Å². The summed E-state index contributed by atoms with van der Waals surface area (Å²) in [5, 5.41) is 3.37. The summed E-state index contributed by atoms with van der Waals surface area (Å²) in [6, 6.07) is 7.88. The maximum absolute atomic E-state index is 6.18. The Labute approximate surface area is 149 Å². The molecule has 3 rings (SSSR count). The smallest absolute Gasteiger partial charge is 0.136 e. The van der Waals surface area contributed by atoms with Gasteiger partial charge in [0.05, 0.1) is 5.70 Å². The van der Waals surface area contributed by atoms with Crippen molar-refractivity contribution in [1.82, 2.24) is 5.32 Å². The Hall–Kier alpha value is -3.26. The van der Waals surface area contributed by atoms with Crippen LogP contribution in [0.4, 0.5) is 0 Å². The topological polar surface area (TPSA) is 21.3 Å². The fourth-order valence-corrected chi connectivity index (χ4v) is 2.95. The predicted molar refractivity (Wildman–Crippen MR) is 106 cm³/mol. The Bertz CT molecular complexity index is 904. The van der Waals surface area contributed by atoms with Crippen LogP contribution in [0.1, 0.15) is 12.5 Å². The van der Waals surface area contributed by atoms with Gasteiger partial charge in [0.2, 0.25) is 0 Å². The first-order valence-electron chi connectivity index (χ1n) is 8.17. The van der Waals surface area contributed by atoms with Gasteiger partial charge in [-0.1, -0.05) is 62.2 Å². The molecule has 124 valence electrons. The fraction of sp³-hybridized carbons (Fsp3) is 0.0435. The Morgan fingerprint density at radius 2 is 1.92 bits per heavy atom. The van der Waals surface area contributed by atoms with Gasteiger partial charge in [-0.15, -0.1) is 0 Å². The summed E-state index contributed by atoms with van der Waals surface area (Å²) in [6.45, 7) is 14.5. The second-order valence-electron chi connectivity index (χ2n) is 5.70. The van der Waals surface area contributed by atoms with Gasteiger partial charge in [0, 0.05) is 22.9 Å². The van der Waals surface area contributed by atoms with E-state index in [0.29, 0.717) is 5.76 Å². The zero-order valence-electron chi connectivity index (χ0n) is 14.4. The highest BCUT2D eigenvalue weighted by molar-refractivity contribution is 5.88. The largest absolute Gasteiger partial charge is 0.456 e. The third-order valence-electron chi connectivity index (χ3n) is 4.09. The summed E-state index contributed by atoms with van der Waals surface area (Å²) in [4.78, 5) is 0. The van der Waals surface area contributed by atoms with E-state index in [9.17, 15) is 0 Å². The molecule has 2 nitrogen and oxygen atoms in total. The molecule has 1 N–H and O–H groups in total. The minimum Gasteiger partial charge on any atom is -0.456 e. The lowest BCUT2D eigenvalue weighted by molar-refractivity contribution is 0.438. The van der Waals surface area contributed by atoms with Crippen LogP contribution < -0.4 is 10.1 Å². The Morgan fingerprint density at radius 3 is 2.68 bits per heavy atom. The molecule has 0 saturated carbocycles. The molecule has 0 fully saturated rings. The van der Waals surface area contributed by atoms with E-state index in [1.54, 1.807) is 6.08 Å². The number of rotatable bonds is 2. The van der Waals surface area contributed by atoms with Crippen molar-refractivity contribution in [2.45, 2.75) is 6.92 Å². The average molecular weight is 327 g/mol. The molecule has 0 atom stereocenters. The Morgan fingerprint density at radius 1 is 1.12 bits per heavy atom. The van der Waals surface area contributed by atoms with Crippen LogP contribution in [-0.2, 0) is 0 Å². The van der Waals surface area contributed by atoms with Gasteiger partial charge in [-0.05, 0) is 36.3 Å². The number of fused-ring (bicyclic) bond motifs is 1. The van der Waals surface area contributed by atoms with Gasteiger partial charge < -0.3 is 10.1 Å². The van der Waals surface area contributed by atoms with Crippen LogP contribution in [0.15, 0.2) is 115 Å². The highest BCUT2D eigenvalue weighted by atomic mass is 16.5. The number of nitrogens with one attached hydrogen (secondary N) is 1. The molecule has 0 radical (unpaired) electrons. The van der Waals surface area contributed by atoms with Crippen LogP contribution in [-0.4, -0.2) is 0 Å². The lowest BCUT2D eigenvalue weighted by Gasteiger charge is -2.26. The molecular weight excluding hydrogens is 306 g/mol. The zero-order valence-corrected chi connectivity index (χ0v) is 14.4. The minimum absolute atomic E-state index is 0.684. The van der Waals surface area contributed by atoms with Crippen molar-refractivity contribution in [2.75, 3.05) is 0 Å².